The van der Waals surface area contributed by atoms with Crippen molar-refractivity contribution in [2.45, 2.75) is 39.0 Å². The largest absolute Gasteiger partial charge is 0.392 e. The highest BCUT2D eigenvalue weighted by atomic mass is 32.1. The number of hydrogen-bond acceptors (Lipinski definition) is 3. The van der Waals surface area contributed by atoms with Crippen molar-refractivity contribution in [1.82, 2.24) is 0 Å². The van der Waals surface area contributed by atoms with Crippen molar-refractivity contribution in [3.63, 3.8) is 0 Å². The first-order valence-corrected chi connectivity index (χ1v) is 7.65. The van der Waals surface area contributed by atoms with Gasteiger partial charge in [0.2, 0.25) is 0 Å². The minimum Gasteiger partial charge on any atom is -0.392 e. The molecule has 0 saturated heterocycles. The quantitative estimate of drug-likeness (QED) is 0.897. The number of aliphatic hydroxyl groups is 1. The standard InChI is InChI=1S/C16H19NOS/c1-12-4-7-16(13(9-12)11-18)17(14-5-6-14)10-15-3-2-8-19-15/h2-4,7-9,14,18H,5-6,10-11H2,1H3. The number of anilines is 1. The van der Waals surface area contributed by atoms with Crippen LogP contribution in [0.5, 0.6) is 0 Å². The van der Waals surface area contributed by atoms with Gasteiger partial charge in [0.25, 0.3) is 0 Å². The van der Waals surface area contributed by atoms with Crippen molar-refractivity contribution in [3.8, 4) is 0 Å². The molecule has 100 valence electrons. The van der Waals surface area contributed by atoms with Crippen molar-refractivity contribution in [2.75, 3.05) is 4.90 Å². The molecule has 0 spiro atoms. The Morgan fingerprint density at radius 1 is 1.32 bits per heavy atom. The molecule has 2 nitrogen and oxygen atoms in total. The topological polar surface area (TPSA) is 23.5 Å². The maximum Gasteiger partial charge on any atom is 0.0702 e. The van der Waals surface area contributed by atoms with Crippen LogP contribution in [-0.2, 0) is 13.2 Å². The normalized spacial score (nSPS) is 14.6. The molecule has 1 aromatic carbocycles. The third-order valence-electron chi connectivity index (χ3n) is 3.61. The number of thiophene rings is 1. The summed E-state index contributed by atoms with van der Waals surface area (Å²) >= 11 is 1.80. The number of hydrogen-bond donors (Lipinski definition) is 1. The molecule has 0 amide bonds. The van der Waals surface area contributed by atoms with Crippen molar-refractivity contribution in [2.24, 2.45) is 0 Å². The maximum atomic E-state index is 9.60. The average molecular weight is 273 g/mol. The zero-order valence-electron chi connectivity index (χ0n) is 11.2. The molecule has 1 saturated carbocycles. The number of rotatable bonds is 5. The second-order valence-electron chi connectivity index (χ2n) is 5.23. The number of nitrogens with zero attached hydrogens (tertiary/aromatic N) is 1. The van der Waals surface area contributed by atoms with Gasteiger partial charge in [-0.2, -0.15) is 0 Å². The van der Waals surface area contributed by atoms with E-state index in [1.54, 1.807) is 11.3 Å². The van der Waals surface area contributed by atoms with Gasteiger partial charge in [-0.3, -0.25) is 0 Å². The van der Waals surface area contributed by atoms with Crippen LogP contribution >= 0.6 is 11.3 Å². The zero-order valence-corrected chi connectivity index (χ0v) is 12.0. The van der Waals surface area contributed by atoms with Gasteiger partial charge >= 0.3 is 0 Å². The van der Waals surface area contributed by atoms with Gasteiger partial charge in [-0.05, 0) is 37.3 Å². The van der Waals surface area contributed by atoms with Crippen LogP contribution in [0.25, 0.3) is 0 Å². The molecule has 1 aromatic heterocycles. The molecule has 0 bridgehead atoms. The summed E-state index contributed by atoms with van der Waals surface area (Å²) in [5, 5.41) is 11.7. The molecular weight excluding hydrogens is 254 g/mol. The average Bonchev–Trinajstić information content (AvgIpc) is 3.13. The predicted molar refractivity (Wildman–Crippen MR) is 80.6 cm³/mol. The Hall–Kier alpha value is -1.32. The van der Waals surface area contributed by atoms with Crippen molar-refractivity contribution in [1.29, 1.82) is 0 Å². The van der Waals surface area contributed by atoms with Crippen molar-refractivity contribution in [3.05, 3.63) is 51.7 Å². The molecule has 0 unspecified atom stereocenters. The number of benzene rings is 1. The summed E-state index contributed by atoms with van der Waals surface area (Å²) < 4.78 is 0. The van der Waals surface area contributed by atoms with Gasteiger partial charge in [-0.1, -0.05) is 23.8 Å². The Kier molecular flexibility index (Phi) is 3.58. The summed E-state index contributed by atoms with van der Waals surface area (Å²) in [4.78, 5) is 3.84. The second-order valence-corrected chi connectivity index (χ2v) is 6.26. The van der Waals surface area contributed by atoms with Crippen LogP contribution in [0, 0.1) is 6.92 Å². The lowest BCUT2D eigenvalue weighted by molar-refractivity contribution is 0.282. The predicted octanol–water partition coefficient (Wildman–Crippen LogP) is 3.72. The Labute approximate surface area is 118 Å². The fraction of sp³-hybridized carbons (Fsp3) is 0.375. The van der Waals surface area contributed by atoms with E-state index in [0.717, 1.165) is 12.1 Å². The lowest BCUT2D eigenvalue weighted by Gasteiger charge is -2.26. The molecule has 3 rings (SSSR count). The molecule has 0 aliphatic heterocycles. The van der Waals surface area contributed by atoms with Gasteiger partial charge in [-0.15, -0.1) is 11.3 Å². The highest BCUT2D eigenvalue weighted by molar-refractivity contribution is 7.09. The zero-order chi connectivity index (χ0) is 13.2. The van der Waals surface area contributed by atoms with Crippen LogP contribution in [0.1, 0.15) is 28.8 Å². The summed E-state index contributed by atoms with van der Waals surface area (Å²) in [6.07, 6.45) is 2.54. The molecule has 2 aromatic rings. The first kappa shape index (κ1) is 12.7. The molecule has 1 N–H and O–H groups in total. The Balaban J connectivity index is 1.91. The third kappa shape index (κ3) is 2.82. The van der Waals surface area contributed by atoms with E-state index in [2.05, 4.69) is 47.5 Å². The Morgan fingerprint density at radius 2 is 2.16 bits per heavy atom. The minimum atomic E-state index is 0.116. The van der Waals surface area contributed by atoms with Gasteiger partial charge in [0.1, 0.15) is 0 Å². The molecule has 19 heavy (non-hydrogen) atoms. The molecule has 1 heterocycles. The van der Waals surface area contributed by atoms with Crippen LogP contribution in [-0.4, -0.2) is 11.1 Å². The van der Waals surface area contributed by atoms with Gasteiger partial charge < -0.3 is 10.0 Å². The number of aryl methyl sites for hydroxylation is 1. The third-order valence-corrected chi connectivity index (χ3v) is 4.47. The lowest BCUT2D eigenvalue weighted by Crippen LogP contribution is -2.25. The van der Waals surface area contributed by atoms with Gasteiger partial charge in [0.05, 0.1) is 13.2 Å². The summed E-state index contributed by atoms with van der Waals surface area (Å²) in [6, 6.07) is 11.3. The molecule has 1 fully saturated rings. The van der Waals surface area contributed by atoms with Gasteiger partial charge in [-0.25, -0.2) is 0 Å². The molecule has 3 heteroatoms. The molecule has 0 radical (unpaired) electrons. The van der Waals surface area contributed by atoms with Crippen LogP contribution < -0.4 is 4.90 Å². The Morgan fingerprint density at radius 3 is 2.79 bits per heavy atom. The van der Waals surface area contributed by atoms with Crippen LogP contribution in [0.3, 0.4) is 0 Å². The summed E-state index contributed by atoms with van der Waals surface area (Å²) in [5.41, 5.74) is 3.45. The van der Waals surface area contributed by atoms with E-state index in [1.807, 2.05) is 0 Å². The minimum absolute atomic E-state index is 0.116. The van der Waals surface area contributed by atoms with E-state index in [1.165, 1.54) is 29.0 Å². The highest BCUT2D eigenvalue weighted by Crippen LogP contribution is 2.35. The van der Waals surface area contributed by atoms with Crippen LogP contribution in [0.4, 0.5) is 5.69 Å². The second kappa shape index (κ2) is 5.35. The van der Waals surface area contributed by atoms with Crippen LogP contribution in [0.15, 0.2) is 35.7 Å². The molecule has 0 atom stereocenters. The fourth-order valence-corrected chi connectivity index (χ4v) is 3.19. The van der Waals surface area contributed by atoms with E-state index in [9.17, 15) is 5.11 Å². The van der Waals surface area contributed by atoms with E-state index in [-0.39, 0.29) is 6.61 Å². The Bertz CT molecular complexity index is 546. The summed E-state index contributed by atoms with van der Waals surface area (Å²) in [7, 11) is 0. The monoisotopic (exact) mass is 273 g/mol. The highest BCUT2D eigenvalue weighted by Gasteiger charge is 2.30. The first-order valence-electron chi connectivity index (χ1n) is 6.77. The van der Waals surface area contributed by atoms with Crippen LogP contribution in [0.2, 0.25) is 0 Å². The fourth-order valence-electron chi connectivity index (χ4n) is 2.49. The summed E-state index contributed by atoms with van der Waals surface area (Å²) in [6.45, 7) is 3.15. The van der Waals surface area contributed by atoms with E-state index >= 15 is 0 Å². The lowest BCUT2D eigenvalue weighted by atomic mass is 10.1. The maximum absolute atomic E-state index is 9.60. The van der Waals surface area contributed by atoms with Gasteiger partial charge in [0, 0.05) is 22.2 Å². The van der Waals surface area contributed by atoms with E-state index < -0.39 is 0 Å². The van der Waals surface area contributed by atoms with Crippen molar-refractivity contribution >= 4 is 17.0 Å². The molecule has 1 aliphatic carbocycles. The summed E-state index contributed by atoms with van der Waals surface area (Å²) in [5.74, 6) is 0. The number of aliphatic hydroxyl groups excluding tert-OH is 1. The smallest absolute Gasteiger partial charge is 0.0702 e. The van der Waals surface area contributed by atoms with E-state index in [4.69, 9.17) is 0 Å². The first-order chi connectivity index (χ1) is 9.28. The SMILES string of the molecule is Cc1ccc(N(Cc2cccs2)C2CC2)c(CO)c1. The van der Waals surface area contributed by atoms with E-state index in [0.29, 0.717) is 6.04 Å². The molecular formula is C16H19NOS. The van der Waals surface area contributed by atoms with Gasteiger partial charge in [0.15, 0.2) is 0 Å². The molecule has 1 aliphatic rings. The van der Waals surface area contributed by atoms with Crippen molar-refractivity contribution < 1.29 is 5.11 Å².